The average Bonchev–Trinajstić information content (AvgIpc) is 3.99. The first-order valence-corrected chi connectivity index (χ1v) is 21.2. The van der Waals surface area contributed by atoms with E-state index < -0.39 is 12.1 Å². The molecule has 1 atom stereocenters. The second kappa shape index (κ2) is 16.6. The number of benzene rings is 2. The van der Waals surface area contributed by atoms with Crippen LogP contribution in [0.5, 0.6) is 5.75 Å². The Kier molecular flexibility index (Phi) is 10.9. The van der Waals surface area contributed by atoms with Gasteiger partial charge in [0.15, 0.2) is 17.4 Å². The zero-order valence-electron chi connectivity index (χ0n) is 33.9. The average molecular weight is 834 g/mol. The van der Waals surface area contributed by atoms with Crippen molar-refractivity contribution in [2.45, 2.75) is 45.8 Å². The summed E-state index contributed by atoms with van der Waals surface area (Å²) in [6.45, 7) is 12.1. The zero-order chi connectivity index (χ0) is 41.5. The second-order valence-corrected chi connectivity index (χ2v) is 16.9. The van der Waals surface area contributed by atoms with Gasteiger partial charge in [-0.15, -0.1) is 11.3 Å². The largest absolute Gasteiger partial charge is 0.482 e. The summed E-state index contributed by atoms with van der Waals surface area (Å²) in [5.74, 6) is 1.25. The summed E-state index contributed by atoms with van der Waals surface area (Å²) in [6, 6.07) is 12.2. The van der Waals surface area contributed by atoms with Gasteiger partial charge in [0.25, 0.3) is 0 Å². The van der Waals surface area contributed by atoms with Gasteiger partial charge in [0.1, 0.15) is 16.9 Å². The van der Waals surface area contributed by atoms with Crippen molar-refractivity contribution in [3.63, 3.8) is 0 Å². The van der Waals surface area contributed by atoms with E-state index in [2.05, 4.69) is 52.4 Å². The Morgan fingerprint density at radius 1 is 0.983 bits per heavy atom. The van der Waals surface area contributed by atoms with Gasteiger partial charge in [0.05, 0.1) is 40.7 Å². The monoisotopic (exact) mass is 833 g/mol. The number of hydrogen-bond acceptors (Lipinski definition) is 13. The number of ether oxygens (including phenoxy) is 1. The molecule has 0 radical (unpaired) electrons. The number of hydrogen-bond donors (Lipinski definition) is 2. The maximum Gasteiger partial charge on any atom is 0.329 e. The highest BCUT2D eigenvalue weighted by Gasteiger charge is 2.29. The van der Waals surface area contributed by atoms with Crippen molar-refractivity contribution in [2.75, 3.05) is 67.9 Å². The van der Waals surface area contributed by atoms with Crippen LogP contribution in [0.2, 0.25) is 0 Å². The van der Waals surface area contributed by atoms with E-state index in [0.717, 1.165) is 97.2 Å². The van der Waals surface area contributed by atoms with E-state index in [4.69, 9.17) is 15.5 Å². The number of thiazole rings is 1. The Bertz CT molecular complexity index is 2530. The summed E-state index contributed by atoms with van der Waals surface area (Å²) in [5.41, 5.74) is 11.4. The lowest BCUT2D eigenvalue weighted by molar-refractivity contribution is -0.120. The predicted molar refractivity (Wildman–Crippen MR) is 228 cm³/mol. The first kappa shape index (κ1) is 39.5. The molecule has 0 unspecified atom stereocenters. The Morgan fingerprint density at radius 2 is 1.75 bits per heavy atom. The van der Waals surface area contributed by atoms with Crippen LogP contribution in [0.4, 0.5) is 26.5 Å². The lowest BCUT2D eigenvalue weighted by atomic mass is 9.95. The van der Waals surface area contributed by atoms with Crippen molar-refractivity contribution >= 4 is 51.5 Å². The number of pyridine rings is 1. The minimum Gasteiger partial charge on any atom is -0.482 e. The molecular weight excluding hydrogens is 786 g/mol. The lowest BCUT2D eigenvalue weighted by Gasteiger charge is -2.39. The molecule has 18 heteroatoms. The fourth-order valence-electron chi connectivity index (χ4n) is 8.54. The fourth-order valence-corrected chi connectivity index (χ4v) is 9.63. The third kappa shape index (κ3) is 8.13. The molecule has 0 saturated carbocycles. The Balaban J connectivity index is 0.767. The number of nitrogens with one attached hydrogen (secondary N) is 1. The molecule has 6 aromatic rings. The van der Waals surface area contributed by atoms with Crippen LogP contribution in [0.3, 0.4) is 0 Å². The number of aryl methyl sites for hydroxylation is 2. The predicted octanol–water partition coefficient (Wildman–Crippen LogP) is 5.32. The molecule has 4 aromatic heterocycles. The highest BCUT2D eigenvalue weighted by atomic mass is 32.1. The van der Waals surface area contributed by atoms with Gasteiger partial charge in [-0.25, -0.2) is 19.2 Å². The topological polar surface area (TPSA) is 169 Å². The van der Waals surface area contributed by atoms with Crippen LogP contribution >= 0.6 is 11.3 Å². The van der Waals surface area contributed by atoms with Crippen molar-refractivity contribution in [3.8, 4) is 21.9 Å². The van der Waals surface area contributed by atoms with Crippen molar-refractivity contribution in [1.29, 1.82) is 0 Å². The molecule has 16 nitrogen and oxygen atoms in total. The molecule has 3 saturated heterocycles. The highest BCUT2D eigenvalue weighted by molar-refractivity contribution is 7.15. The quantitative estimate of drug-likeness (QED) is 0.173. The summed E-state index contributed by atoms with van der Waals surface area (Å²) >= 11 is 1.66. The van der Waals surface area contributed by atoms with Crippen LogP contribution < -0.4 is 25.6 Å². The minimum absolute atomic E-state index is 0.247. The Hall–Kier alpha value is -5.98. The highest BCUT2D eigenvalue weighted by Crippen LogP contribution is 2.37. The van der Waals surface area contributed by atoms with Gasteiger partial charge in [0.2, 0.25) is 5.91 Å². The maximum atomic E-state index is 14.4. The van der Waals surface area contributed by atoms with E-state index in [0.29, 0.717) is 35.3 Å². The fraction of sp³-hybridized carbons (Fsp3) is 0.405. The molecule has 3 fully saturated rings. The van der Waals surface area contributed by atoms with E-state index in [9.17, 15) is 14.0 Å². The van der Waals surface area contributed by atoms with Crippen LogP contribution in [0, 0.1) is 18.7 Å². The second-order valence-electron chi connectivity index (χ2n) is 15.8. The number of imide groups is 1. The van der Waals surface area contributed by atoms with Gasteiger partial charge in [0, 0.05) is 94.2 Å². The van der Waals surface area contributed by atoms with E-state index >= 15 is 0 Å². The third-order valence-corrected chi connectivity index (χ3v) is 13.0. The summed E-state index contributed by atoms with van der Waals surface area (Å²) in [4.78, 5) is 45.2. The van der Waals surface area contributed by atoms with E-state index in [1.165, 1.54) is 22.6 Å². The number of piperazine rings is 1. The van der Waals surface area contributed by atoms with Crippen LogP contribution in [0.15, 0.2) is 61.1 Å². The zero-order valence-corrected chi connectivity index (χ0v) is 34.7. The van der Waals surface area contributed by atoms with Gasteiger partial charge < -0.3 is 20.3 Å². The maximum absolute atomic E-state index is 14.4. The van der Waals surface area contributed by atoms with E-state index in [1.807, 2.05) is 37.7 Å². The van der Waals surface area contributed by atoms with E-state index in [1.54, 1.807) is 40.9 Å². The van der Waals surface area contributed by atoms with Crippen LogP contribution in [0.25, 0.3) is 27.0 Å². The molecule has 2 aromatic carbocycles. The number of anilines is 3. The number of halogens is 1. The van der Waals surface area contributed by atoms with Crippen molar-refractivity contribution in [3.05, 3.63) is 83.1 Å². The molecule has 312 valence electrons. The Labute approximate surface area is 350 Å². The van der Waals surface area contributed by atoms with Gasteiger partial charge in [-0.3, -0.25) is 24.6 Å². The Morgan fingerprint density at radius 3 is 2.52 bits per heavy atom. The number of piperidine rings is 1. The van der Waals surface area contributed by atoms with Gasteiger partial charge in [-0.05, 0) is 75.1 Å². The van der Waals surface area contributed by atoms with Gasteiger partial charge in [-0.1, -0.05) is 0 Å². The number of nitrogens with zero attached hydrogens (tertiary/aromatic N) is 11. The number of carbonyl (C=O) groups excluding carboxylic acids is 2. The molecule has 3 amide bonds. The number of fused-ring (bicyclic) bond motifs is 1. The molecule has 0 bridgehead atoms. The SMILES string of the molecule is Cc1nc(CN2CCN(CC3CCN(c4ccc5c(N6CCC(=O)NC6=O)nn(C)c5c4)CC3)CC2)sc1-c1cnc(N)c(O[C@H](C)c2cc(F)ccc2-n2nccn2)c1. The molecule has 3 N–H and O–H groups in total. The van der Waals surface area contributed by atoms with Crippen LogP contribution in [-0.4, -0.2) is 109 Å². The molecule has 0 spiro atoms. The van der Waals surface area contributed by atoms with Crippen molar-refractivity contribution in [2.24, 2.45) is 13.0 Å². The summed E-state index contributed by atoms with van der Waals surface area (Å²) in [7, 11) is 1.90. The molecule has 0 aliphatic carbocycles. The van der Waals surface area contributed by atoms with E-state index in [-0.39, 0.29) is 24.0 Å². The normalized spacial score (nSPS) is 17.7. The number of rotatable bonds is 11. The molecule has 9 rings (SSSR count). The standard InChI is InChI=1S/C42H48FN13O3S/c1-26-39(29-20-36(40(44)45-23-29)59-27(2)33-21-30(43)4-7-34(33)56-46-11-12-47-56)60-38(48-26)25-53-18-16-52(17-19-53)24-28-8-13-54(14-9-28)31-5-6-32-35(22-31)51(3)50-41(32)55-15-10-37(57)49-42(55)58/h4-7,11-12,20-23,27-28H,8-10,13-19,24-25H2,1-3H3,(H2,44,45)(H,49,57,58)/t27-/m1/s1. The number of amides is 3. The van der Waals surface area contributed by atoms with Crippen LogP contribution in [-0.2, 0) is 18.4 Å². The number of nitrogen functional groups attached to an aromatic ring is 1. The minimum atomic E-state index is -0.567. The van der Waals surface area contributed by atoms with Crippen molar-refractivity contribution < 1.29 is 18.7 Å². The van der Waals surface area contributed by atoms with Crippen LogP contribution in [0.1, 0.15) is 48.6 Å². The molecule has 7 heterocycles. The number of urea groups is 1. The molecule has 3 aliphatic heterocycles. The summed E-state index contributed by atoms with van der Waals surface area (Å²) < 4.78 is 22.5. The lowest BCUT2D eigenvalue weighted by Crippen LogP contribution is -2.49. The molecule has 60 heavy (non-hydrogen) atoms. The summed E-state index contributed by atoms with van der Waals surface area (Å²) in [5, 5.41) is 17.4. The third-order valence-electron chi connectivity index (χ3n) is 11.8. The first-order valence-electron chi connectivity index (χ1n) is 20.4. The molecular formula is C42H48FN13O3S. The number of nitrogens with two attached hydrogens (primary N) is 1. The number of carbonyl (C=O) groups is 2. The summed E-state index contributed by atoms with van der Waals surface area (Å²) in [6.07, 6.45) is 6.86. The smallest absolute Gasteiger partial charge is 0.329 e. The number of aromatic nitrogens is 7. The van der Waals surface area contributed by atoms with Gasteiger partial charge >= 0.3 is 6.03 Å². The molecule has 3 aliphatic rings. The van der Waals surface area contributed by atoms with Gasteiger partial charge in [-0.2, -0.15) is 20.1 Å². The van der Waals surface area contributed by atoms with Crippen molar-refractivity contribution in [1.82, 2.24) is 49.9 Å². The first-order chi connectivity index (χ1) is 29.1.